The molecule has 0 aliphatic carbocycles. The molecule has 1 heterocycles. The van der Waals surface area contributed by atoms with E-state index < -0.39 is 43.6 Å². The summed E-state index contributed by atoms with van der Waals surface area (Å²) in [5.74, 6) is -0.487. The van der Waals surface area contributed by atoms with Crippen LogP contribution in [0.3, 0.4) is 0 Å². The van der Waals surface area contributed by atoms with E-state index in [4.69, 9.17) is 17.3 Å². The van der Waals surface area contributed by atoms with Crippen LogP contribution in [0.2, 0.25) is 5.02 Å². The lowest BCUT2D eigenvalue weighted by molar-refractivity contribution is -0.917. The van der Waals surface area contributed by atoms with Crippen molar-refractivity contribution in [2.75, 3.05) is 26.2 Å². The number of nitrogens with one attached hydrogen (secondary N) is 1. The van der Waals surface area contributed by atoms with Crippen LogP contribution < -0.4 is 10.6 Å². The molecule has 0 radical (unpaired) electrons. The summed E-state index contributed by atoms with van der Waals surface area (Å²) in [5.41, 5.74) is 4.05. The summed E-state index contributed by atoms with van der Waals surface area (Å²) in [6.07, 6.45) is -4.75. The molecular formula is C14H18ClF3N3O3S+. The molecule has 0 bridgehead atoms. The Balaban J connectivity index is 2.22. The zero-order valence-corrected chi connectivity index (χ0v) is 14.9. The molecule has 1 atom stereocenters. The van der Waals surface area contributed by atoms with Gasteiger partial charge in [0.25, 0.3) is 5.91 Å². The highest BCUT2D eigenvalue weighted by molar-refractivity contribution is 7.89. The monoisotopic (exact) mass is 400 g/mol. The minimum absolute atomic E-state index is 0.0826. The Hall–Kier alpha value is -1.36. The second-order valence-electron chi connectivity index (χ2n) is 5.83. The van der Waals surface area contributed by atoms with Crippen molar-refractivity contribution in [3.8, 4) is 0 Å². The number of hydrogen-bond donors (Lipinski definition) is 2. The quantitative estimate of drug-likeness (QED) is 0.753. The van der Waals surface area contributed by atoms with Crippen molar-refractivity contribution >= 4 is 27.5 Å². The fraction of sp³-hybridized carbons (Fsp3) is 0.500. The van der Waals surface area contributed by atoms with Gasteiger partial charge in [-0.3, -0.25) is 4.79 Å². The lowest BCUT2D eigenvalue weighted by Gasteiger charge is -2.33. The number of carbonyl (C=O) groups excluding carboxylic acids is 1. The molecule has 1 aromatic rings. The van der Waals surface area contributed by atoms with Gasteiger partial charge in [0.2, 0.25) is 10.0 Å². The lowest BCUT2D eigenvalue weighted by Crippen LogP contribution is -3.19. The first-order valence-corrected chi connectivity index (χ1v) is 9.27. The van der Waals surface area contributed by atoms with Gasteiger partial charge in [-0.2, -0.15) is 17.5 Å². The molecule has 1 aliphatic rings. The largest absolute Gasteiger partial charge is 0.417 e. The molecule has 0 aromatic heterocycles. The Morgan fingerprint density at radius 2 is 1.88 bits per heavy atom. The summed E-state index contributed by atoms with van der Waals surface area (Å²) in [6.45, 7) is 2.49. The first-order chi connectivity index (χ1) is 11.4. The predicted molar refractivity (Wildman–Crippen MR) is 84.6 cm³/mol. The minimum Gasteiger partial charge on any atom is -0.365 e. The Kier molecular flexibility index (Phi) is 5.67. The fourth-order valence-electron chi connectivity index (χ4n) is 2.68. The number of halogens is 4. The second kappa shape index (κ2) is 7.10. The van der Waals surface area contributed by atoms with Crippen LogP contribution in [0.15, 0.2) is 23.1 Å². The van der Waals surface area contributed by atoms with Gasteiger partial charge in [-0.05, 0) is 25.1 Å². The maximum atomic E-state index is 12.9. The molecular weight excluding hydrogens is 383 g/mol. The van der Waals surface area contributed by atoms with Crippen LogP contribution in [0.5, 0.6) is 0 Å². The Labute approximate surface area is 148 Å². The number of hydrogen-bond acceptors (Lipinski definition) is 3. The van der Waals surface area contributed by atoms with Gasteiger partial charge in [-0.15, -0.1) is 0 Å². The first kappa shape index (κ1) is 20.0. The second-order valence-corrected chi connectivity index (χ2v) is 8.17. The van der Waals surface area contributed by atoms with E-state index in [1.807, 2.05) is 0 Å². The topological polar surface area (TPSA) is 84.9 Å². The van der Waals surface area contributed by atoms with Crippen LogP contribution >= 0.6 is 11.6 Å². The number of piperazine rings is 1. The maximum Gasteiger partial charge on any atom is 0.417 e. The number of benzene rings is 1. The Bertz CT molecular complexity index is 762. The van der Waals surface area contributed by atoms with E-state index in [0.717, 1.165) is 21.3 Å². The van der Waals surface area contributed by atoms with Crippen molar-refractivity contribution in [1.29, 1.82) is 0 Å². The maximum absolute atomic E-state index is 12.9. The van der Waals surface area contributed by atoms with Crippen LogP contribution in [0.1, 0.15) is 12.5 Å². The molecule has 1 amide bonds. The molecule has 1 aliphatic heterocycles. The van der Waals surface area contributed by atoms with E-state index in [2.05, 4.69) is 0 Å². The molecule has 2 rings (SSSR count). The Morgan fingerprint density at radius 1 is 1.32 bits per heavy atom. The van der Waals surface area contributed by atoms with Gasteiger partial charge in [0.1, 0.15) is 0 Å². The third kappa shape index (κ3) is 4.25. The van der Waals surface area contributed by atoms with Crippen LogP contribution in [0, 0.1) is 0 Å². The zero-order chi connectivity index (χ0) is 19.0. The van der Waals surface area contributed by atoms with Gasteiger partial charge >= 0.3 is 6.18 Å². The van der Waals surface area contributed by atoms with Gasteiger partial charge in [-0.25, -0.2) is 8.42 Å². The number of quaternary nitrogens is 1. The molecule has 1 fully saturated rings. The van der Waals surface area contributed by atoms with E-state index in [0.29, 0.717) is 19.2 Å². The number of alkyl halides is 3. The average Bonchev–Trinajstić information content (AvgIpc) is 2.53. The molecule has 0 unspecified atom stereocenters. The molecule has 0 spiro atoms. The summed E-state index contributed by atoms with van der Waals surface area (Å²) in [5, 5.41) is -0.559. The molecule has 6 nitrogen and oxygen atoms in total. The van der Waals surface area contributed by atoms with Gasteiger partial charge in [0.15, 0.2) is 6.04 Å². The lowest BCUT2D eigenvalue weighted by atomic mass is 10.2. The number of rotatable bonds is 4. The third-order valence-electron chi connectivity index (χ3n) is 4.28. The molecule has 3 N–H and O–H groups in total. The average molecular weight is 401 g/mol. The highest BCUT2D eigenvalue weighted by atomic mass is 35.5. The predicted octanol–water partition coefficient (Wildman–Crippen LogP) is 0.122. The van der Waals surface area contributed by atoms with Gasteiger partial charge in [-0.1, -0.05) is 11.6 Å². The SMILES string of the molecule is C[C@@H](C(N)=O)[NH+]1CCN(S(=O)(=O)c2ccc(Cl)c(C(F)(F)F)c2)CC1. The highest BCUT2D eigenvalue weighted by Crippen LogP contribution is 2.36. The fourth-order valence-corrected chi connectivity index (χ4v) is 4.37. The molecule has 0 saturated carbocycles. The van der Waals surface area contributed by atoms with E-state index in [-0.39, 0.29) is 13.1 Å². The number of carbonyl (C=O) groups is 1. The highest BCUT2D eigenvalue weighted by Gasteiger charge is 2.37. The smallest absolute Gasteiger partial charge is 0.365 e. The molecule has 11 heteroatoms. The van der Waals surface area contributed by atoms with Crippen molar-refractivity contribution in [2.24, 2.45) is 5.73 Å². The molecule has 140 valence electrons. The number of amides is 1. The van der Waals surface area contributed by atoms with Crippen molar-refractivity contribution in [1.82, 2.24) is 4.31 Å². The van der Waals surface area contributed by atoms with Gasteiger partial charge in [0, 0.05) is 0 Å². The summed E-state index contributed by atoms with van der Waals surface area (Å²) >= 11 is 5.52. The van der Waals surface area contributed by atoms with Crippen LogP contribution in [-0.2, 0) is 21.0 Å². The standard InChI is InChI=1S/C14H17ClF3N3O3S/c1-9(13(19)22)20-4-6-21(7-5-20)25(23,24)10-2-3-12(15)11(8-10)14(16,17)18/h2-3,8-9H,4-7H2,1H3,(H2,19,22)/p+1/t9-/m0/s1. The molecule has 1 saturated heterocycles. The summed E-state index contributed by atoms with van der Waals surface area (Å²) in [7, 11) is -4.09. The van der Waals surface area contributed by atoms with Crippen LogP contribution in [-0.4, -0.2) is 50.9 Å². The number of primary amides is 1. The van der Waals surface area contributed by atoms with Gasteiger partial charge < -0.3 is 10.6 Å². The summed E-state index contributed by atoms with van der Waals surface area (Å²) in [4.78, 5) is 11.6. The van der Waals surface area contributed by atoms with Crippen LogP contribution in [0.4, 0.5) is 13.2 Å². The Morgan fingerprint density at radius 3 is 2.36 bits per heavy atom. The number of sulfonamides is 1. The zero-order valence-electron chi connectivity index (χ0n) is 13.3. The molecule has 1 aromatic carbocycles. The van der Waals surface area contributed by atoms with E-state index >= 15 is 0 Å². The van der Waals surface area contributed by atoms with Crippen molar-refractivity contribution in [3.63, 3.8) is 0 Å². The summed E-state index contributed by atoms with van der Waals surface area (Å²) < 4.78 is 65.1. The van der Waals surface area contributed by atoms with Gasteiger partial charge in [0.05, 0.1) is 41.7 Å². The number of nitrogens with zero attached hydrogens (tertiary/aromatic N) is 1. The first-order valence-electron chi connectivity index (χ1n) is 7.45. The van der Waals surface area contributed by atoms with Crippen molar-refractivity contribution in [3.05, 3.63) is 28.8 Å². The minimum atomic E-state index is -4.75. The van der Waals surface area contributed by atoms with E-state index in [9.17, 15) is 26.4 Å². The normalized spacial score (nSPS) is 18.9. The summed E-state index contributed by atoms with van der Waals surface area (Å²) in [6, 6.07) is 2.06. The third-order valence-corrected chi connectivity index (χ3v) is 6.51. The molecule has 25 heavy (non-hydrogen) atoms. The van der Waals surface area contributed by atoms with Crippen LogP contribution in [0.25, 0.3) is 0 Å². The van der Waals surface area contributed by atoms with Crippen molar-refractivity contribution in [2.45, 2.75) is 24.0 Å². The van der Waals surface area contributed by atoms with E-state index in [1.165, 1.54) is 0 Å². The number of nitrogens with two attached hydrogens (primary N) is 1. The van der Waals surface area contributed by atoms with Crippen molar-refractivity contribution < 1.29 is 31.3 Å². The van der Waals surface area contributed by atoms with E-state index in [1.54, 1.807) is 6.92 Å².